The van der Waals surface area contributed by atoms with Gasteiger partial charge in [0.15, 0.2) is 6.23 Å². The predicted octanol–water partition coefficient (Wildman–Crippen LogP) is 3.18. The lowest BCUT2D eigenvalue weighted by Gasteiger charge is -2.23. The standard InChI is InChI=1S/C13H15FN2O/c1-9-5-6-11-10(8-9)13(14)15-16(11)12-4-2-3-7-17-12/h5-6,8,12H,2-4,7H2,1H3. The van der Waals surface area contributed by atoms with Gasteiger partial charge in [-0.05, 0) is 38.3 Å². The Labute approximate surface area is 99.2 Å². The number of hydrogen-bond donors (Lipinski definition) is 0. The van der Waals surface area contributed by atoms with Gasteiger partial charge in [-0.2, -0.15) is 4.39 Å². The molecule has 1 saturated heterocycles. The summed E-state index contributed by atoms with van der Waals surface area (Å²) >= 11 is 0. The topological polar surface area (TPSA) is 27.1 Å². The van der Waals surface area contributed by atoms with Crippen LogP contribution < -0.4 is 0 Å². The SMILES string of the molecule is Cc1ccc2c(c1)c(F)nn2C1CCCCO1. The number of ether oxygens (including phenoxy) is 1. The molecule has 0 saturated carbocycles. The Bertz CT molecular complexity index is 544. The van der Waals surface area contributed by atoms with Crippen LogP contribution in [0.4, 0.5) is 4.39 Å². The van der Waals surface area contributed by atoms with E-state index in [0.717, 1.165) is 36.9 Å². The number of fused-ring (bicyclic) bond motifs is 1. The maximum atomic E-state index is 13.8. The van der Waals surface area contributed by atoms with Crippen molar-refractivity contribution in [3.8, 4) is 0 Å². The summed E-state index contributed by atoms with van der Waals surface area (Å²) in [5.41, 5.74) is 1.86. The molecule has 1 unspecified atom stereocenters. The molecule has 0 amide bonds. The van der Waals surface area contributed by atoms with E-state index in [2.05, 4.69) is 5.10 Å². The van der Waals surface area contributed by atoms with Gasteiger partial charge in [0.05, 0.1) is 10.9 Å². The fourth-order valence-electron chi connectivity index (χ4n) is 2.35. The van der Waals surface area contributed by atoms with Crippen LogP contribution in [0.1, 0.15) is 31.1 Å². The van der Waals surface area contributed by atoms with Crippen molar-refractivity contribution in [2.24, 2.45) is 0 Å². The minimum Gasteiger partial charge on any atom is -0.356 e. The Kier molecular flexibility index (Phi) is 2.59. The lowest BCUT2D eigenvalue weighted by molar-refractivity contribution is -0.0375. The number of hydrogen-bond acceptors (Lipinski definition) is 2. The van der Waals surface area contributed by atoms with Crippen molar-refractivity contribution >= 4 is 10.9 Å². The fraction of sp³-hybridized carbons (Fsp3) is 0.462. The van der Waals surface area contributed by atoms with Crippen LogP contribution in [0.5, 0.6) is 0 Å². The molecule has 1 aromatic heterocycles. The van der Waals surface area contributed by atoms with E-state index >= 15 is 0 Å². The van der Waals surface area contributed by atoms with Crippen molar-refractivity contribution in [1.29, 1.82) is 0 Å². The van der Waals surface area contributed by atoms with Crippen LogP contribution in [-0.4, -0.2) is 16.4 Å². The van der Waals surface area contributed by atoms with Gasteiger partial charge in [-0.15, -0.1) is 5.10 Å². The maximum absolute atomic E-state index is 13.8. The van der Waals surface area contributed by atoms with Gasteiger partial charge in [-0.25, -0.2) is 4.68 Å². The molecule has 90 valence electrons. The third-order valence-corrected chi connectivity index (χ3v) is 3.25. The molecule has 1 aliphatic heterocycles. The van der Waals surface area contributed by atoms with Gasteiger partial charge in [0, 0.05) is 6.61 Å². The Morgan fingerprint density at radius 1 is 1.41 bits per heavy atom. The first kappa shape index (κ1) is 10.7. The van der Waals surface area contributed by atoms with Crippen LogP contribution in [0.2, 0.25) is 0 Å². The third-order valence-electron chi connectivity index (χ3n) is 3.25. The second-order valence-electron chi connectivity index (χ2n) is 4.58. The molecule has 1 aromatic carbocycles. The summed E-state index contributed by atoms with van der Waals surface area (Å²) in [6.07, 6.45) is 2.99. The zero-order valence-electron chi connectivity index (χ0n) is 9.82. The fourth-order valence-corrected chi connectivity index (χ4v) is 2.35. The van der Waals surface area contributed by atoms with E-state index in [9.17, 15) is 4.39 Å². The predicted molar refractivity (Wildman–Crippen MR) is 63.3 cm³/mol. The highest BCUT2D eigenvalue weighted by atomic mass is 19.1. The number of nitrogens with zero attached hydrogens (tertiary/aromatic N) is 2. The number of rotatable bonds is 1. The molecule has 3 nitrogen and oxygen atoms in total. The molecule has 2 aromatic rings. The van der Waals surface area contributed by atoms with Crippen molar-refractivity contribution in [1.82, 2.24) is 9.78 Å². The average Bonchev–Trinajstić information content (AvgIpc) is 2.68. The van der Waals surface area contributed by atoms with Crippen LogP contribution >= 0.6 is 0 Å². The van der Waals surface area contributed by atoms with Crippen molar-refractivity contribution in [3.63, 3.8) is 0 Å². The van der Waals surface area contributed by atoms with Gasteiger partial charge in [-0.1, -0.05) is 11.6 Å². The number of aromatic nitrogens is 2. The normalized spacial score (nSPS) is 20.9. The van der Waals surface area contributed by atoms with Gasteiger partial charge < -0.3 is 4.74 Å². The van der Waals surface area contributed by atoms with Gasteiger partial charge >= 0.3 is 0 Å². The van der Waals surface area contributed by atoms with E-state index in [1.54, 1.807) is 4.68 Å². The average molecular weight is 234 g/mol. The molecule has 1 atom stereocenters. The quantitative estimate of drug-likeness (QED) is 0.757. The summed E-state index contributed by atoms with van der Waals surface area (Å²) in [5, 5.41) is 4.56. The third kappa shape index (κ3) is 1.82. The van der Waals surface area contributed by atoms with Crippen LogP contribution in [0.15, 0.2) is 18.2 Å². The van der Waals surface area contributed by atoms with E-state index in [-0.39, 0.29) is 6.23 Å². The molecule has 0 radical (unpaired) electrons. The summed E-state index contributed by atoms with van der Waals surface area (Å²) in [6, 6.07) is 5.72. The highest BCUT2D eigenvalue weighted by Gasteiger charge is 2.20. The molecular weight excluding hydrogens is 219 g/mol. The van der Waals surface area contributed by atoms with E-state index in [4.69, 9.17) is 4.74 Å². The lowest BCUT2D eigenvalue weighted by atomic mass is 10.1. The van der Waals surface area contributed by atoms with Crippen LogP contribution in [0.25, 0.3) is 10.9 Å². The molecule has 3 rings (SSSR count). The van der Waals surface area contributed by atoms with Crippen molar-refractivity contribution in [2.75, 3.05) is 6.61 Å². The molecule has 0 bridgehead atoms. The summed E-state index contributed by atoms with van der Waals surface area (Å²) in [5.74, 6) is -0.405. The number of halogens is 1. The van der Waals surface area contributed by atoms with Gasteiger partial charge in [0.2, 0.25) is 5.95 Å². The monoisotopic (exact) mass is 234 g/mol. The van der Waals surface area contributed by atoms with E-state index in [0.29, 0.717) is 5.39 Å². The van der Waals surface area contributed by atoms with Crippen LogP contribution in [-0.2, 0) is 4.74 Å². The first-order valence-corrected chi connectivity index (χ1v) is 6.02. The summed E-state index contributed by atoms with van der Waals surface area (Å²) in [7, 11) is 0. The molecule has 4 heteroatoms. The highest BCUT2D eigenvalue weighted by Crippen LogP contribution is 2.27. The van der Waals surface area contributed by atoms with Crippen LogP contribution in [0, 0.1) is 12.9 Å². The van der Waals surface area contributed by atoms with Crippen LogP contribution in [0.3, 0.4) is 0 Å². The zero-order chi connectivity index (χ0) is 11.8. The second kappa shape index (κ2) is 4.11. The molecule has 0 spiro atoms. The van der Waals surface area contributed by atoms with Gasteiger partial charge in [0.1, 0.15) is 0 Å². The molecule has 1 fully saturated rings. The van der Waals surface area contributed by atoms with E-state index in [1.807, 2.05) is 25.1 Å². The Morgan fingerprint density at radius 3 is 3.06 bits per heavy atom. The first-order chi connectivity index (χ1) is 8.25. The van der Waals surface area contributed by atoms with Gasteiger partial charge in [0.25, 0.3) is 0 Å². The molecular formula is C13H15FN2O. The smallest absolute Gasteiger partial charge is 0.240 e. The Morgan fingerprint density at radius 2 is 2.29 bits per heavy atom. The van der Waals surface area contributed by atoms with Crippen molar-refractivity contribution < 1.29 is 9.13 Å². The van der Waals surface area contributed by atoms with E-state index < -0.39 is 5.95 Å². The first-order valence-electron chi connectivity index (χ1n) is 6.02. The second-order valence-corrected chi connectivity index (χ2v) is 4.58. The Hall–Kier alpha value is -1.42. The highest BCUT2D eigenvalue weighted by molar-refractivity contribution is 5.80. The number of aryl methyl sites for hydroxylation is 1. The summed E-state index contributed by atoms with van der Waals surface area (Å²) in [6.45, 7) is 2.69. The maximum Gasteiger partial charge on any atom is 0.240 e. The summed E-state index contributed by atoms with van der Waals surface area (Å²) < 4.78 is 21.1. The summed E-state index contributed by atoms with van der Waals surface area (Å²) in [4.78, 5) is 0. The lowest BCUT2D eigenvalue weighted by Crippen LogP contribution is -2.19. The minimum atomic E-state index is -0.405. The minimum absolute atomic E-state index is 0.113. The molecule has 17 heavy (non-hydrogen) atoms. The van der Waals surface area contributed by atoms with Crippen molar-refractivity contribution in [2.45, 2.75) is 32.4 Å². The van der Waals surface area contributed by atoms with E-state index in [1.165, 1.54) is 0 Å². The largest absolute Gasteiger partial charge is 0.356 e. The molecule has 0 aliphatic carbocycles. The van der Waals surface area contributed by atoms with Crippen molar-refractivity contribution in [3.05, 3.63) is 29.7 Å². The molecule has 2 heterocycles. The molecule has 1 aliphatic rings. The number of benzene rings is 1. The molecule has 0 N–H and O–H groups in total. The van der Waals surface area contributed by atoms with Gasteiger partial charge in [-0.3, -0.25) is 0 Å². The zero-order valence-corrected chi connectivity index (χ0v) is 9.82. The Balaban J connectivity index is 2.10.